The Balaban J connectivity index is 2.11. The van der Waals surface area contributed by atoms with Crippen LogP contribution in [0.3, 0.4) is 0 Å². The van der Waals surface area contributed by atoms with Gasteiger partial charge in [0.15, 0.2) is 0 Å². The molecule has 1 saturated heterocycles. The molecule has 9 nitrogen and oxygen atoms in total. The molecule has 1 aliphatic heterocycles. The molecule has 1 amide bonds. The molecule has 0 aliphatic carbocycles. The van der Waals surface area contributed by atoms with Crippen LogP contribution in [0.1, 0.15) is 36.9 Å². The fourth-order valence-electron chi connectivity index (χ4n) is 3.93. The molecule has 1 atom stereocenters. The number of amides is 1. The van der Waals surface area contributed by atoms with Gasteiger partial charge in [-0.3, -0.25) is 19.7 Å². The van der Waals surface area contributed by atoms with Gasteiger partial charge in [-0.2, -0.15) is 0 Å². The van der Waals surface area contributed by atoms with Crippen molar-refractivity contribution in [2.24, 2.45) is 0 Å². The molecule has 3 rings (SSSR count). The number of benzene rings is 2. The van der Waals surface area contributed by atoms with Crippen molar-refractivity contribution in [1.82, 2.24) is 9.80 Å². The summed E-state index contributed by atoms with van der Waals surface area (Å²) in [6.45, 7) is 3.41. The number of rotatable bonds is 10. The number of ketones is 1. The van der Waals surface area contributed by atoms with E-state index < -0.39 is 22.7 Å². The van der Waals surface area contributed by atoms with Crippen molar-refractivity contribution in [2.45, 2.75) is 25.8 Å². The number of carbonyl (C=O) groups excluding carboxylic acids is 2. The predicted octanol–water partition coefficient (Wildman–Crippen LogP) is 3.76. The molecule has 0 bridgehead atoms. The van der Waals surface area contributed by atoms with Crippen molar-refractivity contribution in [2.75, 3.05) is 33.8 Å². The van der Waals surface area contributed by atoms with E-state index in [0.717, 1.165) is 6.42 Å². The van der Waals surface area contributed by atoms with Gasteiger partial charge in [-0.15, -0.1) is 0 Å². The van der Waals surface area contributed by atoms with Crippen molar-refractivity contribution >= 4 is 23.1 Å². The Hall–Kier alpha value is -3.72. The van der Waals surface area contributed by atoms with E-state index in [1.54, 1.807) is 30.3 Å². The van der Waals surface area contributed by atoms with Crippen LogP contribution in [-0.4, -0.2) is 65.3 Å². The monoisotopic (exact) mass is 467 g/mol. The number of carbonyl (C=O) groups is 2. The molecule has 1 heterocycles. The van der Waals surface area contributed by atoms with Gasteiger partial charge in [-0.25, -0.2) is 0 Å². The summed E-state index contributed by atoms with van der Waals surface area (Å²) in [5.74, 6) is -1.38. The van der Waals surface area contributed by atoms with Crippen LogP contribution in [0.5, 0.6) is 5.75 Å². The van der Waals surface area contributed by atoms with Crippen molar-refractivity contribution in [3.63, 3.8) is 0 Å². The number of non-ortho nitro benzene ring substituents is 1. The summed E-state index contributed by atoms with van der Waals surface area (Å²) >= 11 is 0. The second kappa shape index (κ2) is 10.9. The van der Waals surface area contributed by atoms with Gasteiger partial charge in [-0.1, -0.05) is 31.2 Å². The number of hydrogen-bond donors (Lipinski definition) is 1. The molecular weight excluding hydrogens is 438 g/mol. The Morgan fingerprint density at radius 2 is 1.91 bits per heavy atom. The first-order valence-corrected chi connectivity index (χ1v) is 11.1. The van der Waals surface area contributed by atoms with Gasteiger partial charge >= 0.3 is 0 Å². The van der Waals surface area contributed by atoms with Gasteiger partial charge in [0.05, 0.1) is 23.1 Å². The second-order valence-electron chi connectivity index (χ2n) is 8.38. The van der Waals surface area contributed by atoms with Crippen LogP contribution in [0, 0.1) is 10.1 Å². The lowest BCUT2D eigenvalue weighted by atomic mass is 9.95. The lowest BCUT2D eigenvalue weighted by molar-refractivity contribution is -0.384. The third-order valence-electron chi connectivity index (χ3n) is 5.52. The minimum absolute atomic E-state index is 0.0945. The minimum atomic E-state index is -0.942. The van der Waals surface area contributed by atoms with Crippen LogP contribution < -0.4 is 4.74 Å². The van der Waals surface area contributed by atoms with E-state index in [2.05, 4.69) is 0 Å². The molecule has 1 unspecified atom stereocenters. The molecule has 0 aromatic heterocycles. The Labute approximate surface area is 198 Å². The minimum Gasteiger partial charge on any atom is -0.507 e. The van der Waals surface area contributed by atoms with Crippen LogP contribution in [0.4, 0.5) is 5.69 Å². The SMILES string of the molecule is CCCOc1cccc(/C(O)=C2\C(=O)C(=O)N(CCCN(C)C)C2c2cccc([N+](=O)[O-])c2)c1. The van der Waals surface area contributed by atoms with E-state index in [-0.39, 0.29) is 23.6 Å². The average Bonchev–Trinajstić information content (AvgIpc) is 3.07. The first-order valence-electron chi connectivity index (χ1n) is 11.1. The molecular formula is C25H29N3O6. The zero-order valence-electron chi connectivity index (χ0n) is 19.6. The molecule has 9 heteroatoms. The highest BCUT2D eigenvalue weighted by atomic mass is 16.6. The van der Waals surface area contributed by atoms with E-state index in [1.807, 2.05) is 25.9 Å². The maximum Gasteiger partial charge on any atom is 0.295 e. The molecule has 34 heavy (non-hydrogen) atoms. The Morgan fingerprint density at radius 1 is 1.18 bits per heavy atom. The van der Waals surface area contributed by atoms with Crippen molar-refractivity contribution in [1.29, 1.82) is 0 Å². The summed E-state index contributed by atoms with van der Waals surface area (Å²) in [6.07, 6.45) is 1.40. The molecule has 1 aliphatic rings. The summed E-state index contributed by atoms with van der Waals surface area (Å²) in [4.78, 5) is 40.3. The van der Waals surface area contributed by atoms with Gasteiger partial charge in [0.2, 0.25) is 0 Å². The Morgan fingerprint density at radius 3 is 2.59 bits per heavy atom. The molecule has 180 valence electrons. The molecule has 2 aromatic rings. The molecule has 0 radical (unpaired) electrons. The largest absolute Gasteiger partial charge is 0.507 e. The van der Waals surface area contributed by atoms with Gasteiger partial charge in [0.25, 0.3) is 17.4 Å². The number of ether oxygens (including phenoxy) is 1. The van der Waals surface area contributed by atoms with E-state index in [0.29, 0.717) is 36.4 Å². The summed E-state index contributed by atoms with van der Waals surface area (Å²) in [5, 5.41) is 22.5. The maximum absolute atomic E-state index is 13.1. The summed E-state index contributed by atoms with van der Waals surface area (Å²) < 4.78 is 5.63. The van der Waals surface area contributed by atoms with Crippen molar-refractivity contribution < 1.29 is 24.4 Å². The third-order valence-corrected chi connectivity index (χ3v) is 5.52. The van der Waals surface area contributed by atoms with Gasteiger partial charge in [0.1, 0.15) is 11.5 Å². The van der Waals surface area contributed by atoms with Gasteiger partial charge in [0, 0.05) is 24.2 Å². The Bertz CT molecular complexity index is 1110. The number of nitro groups is 1. The summed E-state index contributed by atoms with van der Waals surface area (Å²) in [7, 11) is 3.81. The molecule has 0 saturated carbocycles. The number of Topliss-reactive ketones (excluding diaryl/α,β-unsaturated/α-hetero) is 1. The smallest absolute Gasteiger partial charge is 0.295 e. The number of aliphatic hydroxyl groups is 1. The molecule has 1 N–H and O–H groups in total. The fraction of sp³-hybridized carbons (Fsp3) is 0.360. The summed E-state index contributed by atoms with van der Waals surface area (Å²) in [5.41, 5.74) is 0.461. The zero-order valence-corrected chi connectivity index (χ0v) is 19.6. The van der Waals surface area contributed by atoms with E-state index in [9.17, 15) is 24.8 Å². The van der Waals surface area contributed by atoms with Gasteiger partial charge in [-0.05, 0) is 51.2 Å². The fourth-order valence-corrected chi connectivity index (χ4v) is 3.93. The number of hydrogen-bond acceptors (Lipinski definition) is 7. The maximum atomic E-state index is 13.1. The van der Waals surface area contributed by atoms with Gasteiger partial charge < -0.3 is 19.6 Å². The van der Waals surface area contributed by atoms with Crippen LogP contribution in [-0.2, 0) is 9.59 Å². The highest BCUT2D eigenvalue weighted by Gasteiger charge is 2.46. The first kappa shape index (κ1) is 24.9. The topological polar surface area (TPSA) is 113 Å². The summed E-state index contributed by atoms with van der Waals surface area (Å²) in [6, 6.07) is 11.5. The van der Waals surface area contributed by atoms with Crippen LogP contribution in [0.2, 0.25) is 0 Å². The van der Waals surface area contributed by atoms with E-state index >= 15 is 0 Å². The molecule has 1 fully saturated rings. The zero-order chi connectivity index (χ0) is 24.8. The molecule has 2 aromatic carbocycles. The highest BCUT2D eigenvalue weighted by molar-refractivity contribution is 6.46. The third kappa shape index (κ3) is 5.43. The first-order chi connectivity index (χ1) is 16.2. The molecule has 0 spiro atoms. The van der Waals surface area contributed by atoms with E-state index in [1.165, 1.54) is 23.1 Å². The van der Waals surface area contributed by atoms with Crippen molar-refractivity contribution in [3.05, 3.63) is 75.3 Å². The normalized spacial score (nSPS) is 17.4. The number of aliphatic hydroxyl groups excluding tert-OH is 1. The Kier molecular flexibility index (Phi) is 8.01. The second-order valence-corrected chi connectivity index (χ2v) is 8.38. The standard InChI is InChI=1S/C25H29N3O6/c1-4-14-34-20-11-6-9-18(16-20)23(29)21-22(17-8-5-10-19(15-17)28(32)33)27(25(31)24(21)30)13-7-12-26(2)3/h5-6,8-11,15-16,22,29H,4,7,12-14H2,1-3H3/b23-21+. The number of nitrogens with zero attached hydrogens (tertiary/aromatic N) is 3. The number of likely N-dealkylation sites (tertiary alicyclic amines) is 1. The van der Waals surface area contributed by atoms with E-state index in [4.69, 9.17) is 4.74 Å². The number of nitro benzene ring substituents is 1. The van der Waals surface area contributed by atoms with Crippen LogP contribution >= 0.6 is 0 Å². The van der Waals surface area contributed by atoms with Crippen LogP contribution in [0.15, 0.2) is 54.1 Å². The lowest BCUT2D eigenvalue weighted by Crippen LogP contribution is -2.32. The average molecular weight is 468 g/mol. The quantitative estimate of drug-likeness (QED) is 0.186. The lowest BCUT2D eigenvalue weighted by Gasteiger charge is -2.25. The predicted molar refractivity (Wildman–Crippen MR) is 128 cm³/mol. The van der Waals surface area contributed by atoms with Crippen LogP contribution in [0.25, 0.3) is 5.76 Å². The highest BCUT2D eigenvalue weighted by Crippen LogP contribution is 2.40. The van der Waals surface area contributed by atoms with Crippen molar-refractivity contribution in [3.8, 4) is 5.75 Å².